The Hall–Kier alpha value is -0.0531. The van der Waals surface area contributed by atoms with E-state index in [-0.39, 0.29) is 0 Å². The molecule has 1 atom stereocenters. The molecule has 0 aromatic heterocycles. The summed E-state index contributed by atoms with van der Waals surface area (Å²) < 4.78 is 5.80. The van der Waals surface area contributed by atoms with Crippen LogP contribution >= 0.6 is 11.6 Å². The maximum Gasteiger partial charge on any atom is 0.204 e. The second-order valence-corrected chi connectivity index (χ2v) is 6.16. The topological polar surface area (TPSA) is 9.23 Å². The van der Waals surface area contributed by atoms with Crippen LogP contribution in [0.15, 0.2) is 23.4 Å². The van der Waals surface area contributed by atoms with E-state index < -0.39 is 9.04 Å². The van der Waals surface area contributed by atoms with E-state index in [9.17, 15) is 0 Å². The van der Waals surface area contributed by atoms with E-state index in [4.69, 9.17) is 16.0 Å². The van der Waals surface area contributed by atoms with Gasteiger partial charge in [0.15, 0.2) is 0 Å². The first-order valence-corrected chi connectivity index (χ1v) is 7.31. The zero-order valence-corrected chi connectivity index (χ0v) is 10.0. The van der Waals surface area contributed by atoms with E-state index in [1.165, 1.54) is 11.2 Å². The maximum atomic E-state index is 5.80. The van der Waals surface area contributed by atoms with Gasteiger partial charge in [-0.15, -0.1) is 11.6 Å². The summed E-state index contributed by atoms with van der Waals surface area (Å²) in [4.78, 5) is 0. The Bertz CT molecular complexity index is 201. The van der Waals surface area contributed by atoms with Gasteiger partial charge < -0.3 is 4.43 Å². The Morgan fingerprint density at radius 1 is 1.62 bits per heavy atom. The summed E-state index contributed by atoms with van der Waals surface area (Å²) in [5, 5.41) is 1.53. The highest BCUT2D eigenvalue weighted by atomic mass is 35.5. The molecule has 0 spiro atoms. The average molecular weight is 217 g/mol. The van der Waals surface area contributed by atoms with E-state index in [1.807, 2.05) is 0 Å². The van der Waals surface area contributed by atoms with E-state index >= 15 is 0 Å². The number of alkyl halides is 1. The fourth-order valence-electron chi connectivity index (χ4n) is 1.54. The number of rotatable bonds is 6. The maximum absolute atomic E-state index is 5.80. The van der Waals surface area contributed by atoms with Crippen molar-refractivity contribution in [2.45, 2.75) is 25.8 Å². The van der Waals surface area contributed by atoms with Gasteiger partial charge in [0.2, 0.25) is 9.04 Å². The third-order valence-corrected chi connectivity index (χ3v) is 5.37. The second-order valence-electron chi connectivity index (χ2n) is 3.15. The highest BCUT2D eigenvalue weighted by molar-refractivity contribution is 6.60. The normalized spacial score (nSPS) is 17.5. The molecular weight excluding hydrogens is 200 g/mol. The van der Waals surface area contributed by atoms with Crippen molar-refractivity contribution in [1.82, 2.24) is 0 Å². The summed E-state index contributed by atoms with van der Waals surface area (Å²) in [5.74, 6) is 0.761. The van der Waals surface area contributed by atoms with Crippen LogP contribution < -0.4 is 0 Å². The fourth-order valence-corrected chi connectivity index (χ4v) is 4.41. The summed E-state index contributed by atoms with van der Waals surface area (Å²) in [6.45, 7) is 2.92. The summed E-state index contributed by atoms with van der Waals surface area (Å²) in [5.41, 5.74) is 0. The van der Waals surface area contributed by atoms with Crippen molar-refractivity contribution in [1.29, 1.82) is 0 Å². The van der Waals surface area contributed by atoms with Crippen LogP contribution in [0.2, 0.25) is 6.04 Å². The highest BCUT2D eigenvalue weighted by Gasteiger charge is 2.16. The summed E-state index contributed by atoms with van der Waals surface area (Å²) >= 11 is 5.68. The van der Waals surface area contributed by atoms with Gasteiger partial charge in [-0.25, -0.2) is 0 Å². The van der Waals surface area contributed by atoms with Crippen molar-refractivity contribution in [3.8, 4) is 0 Å². The molecule has 13 heavy (non-hydrogen) atoms. The molecule has 1 unspecified atom stereocenters. The predicted molar refractivity (Wildman–Crippen MR) is 60.8 cm³/mol. The molecule has 0 fully saturated rings. The first-order valence-electron chi connectivity index (χ1n) is 4.91. The number of hydrogen-bond donors (Lipinski definition) is 0. The van der Waals surface area contributed by atoms with Gasteiger partial charge >= 0.3 is 0 Å². The van der Waals surface area contributed by atoms with Gasteiger partial charge in [0.25, 0.3) is 0 Å². The van der Waals surface area contributed by atoms with Crippen LogP contribution in [0.5, 0.6) is 0 Å². The van der Waals surface area contributed by atoms with Crippen LogP contribution in [0.25, 0.3) is 0 Å². The SMILES string of the molecule is CCO[SiH](CCCCl)C1=CC=CC1. The van der Waals surface area contributed by atoms with E-state index in [1.54, 1.807) is 0 Å². The molecule has 1 nitrogen and oxygen atoms in total. The Labute approximate surface area is 87.2 Å². The molecule has 74 valence electrons. The van der Waals surface area contributed by atoms with Crippen molar-refractivity contribution in [3.05, 3.63) is 23.4 Å². The van der Waals surface area contributed by atoms with Crippen molar-refractivity contribution in [2.24, 2.45) is 0 Å². The van der Waals surface area contributed by atoms with Gasteiger partial charge in [0.1, 0.15) is 0 Å². The van der Waals surface area contributed by atoms with Gasteiger partial charge in [0, 0.05) is 12.5 Å². The molecule has 1 aliphatic carbocycles. The minimum atomic E-state index is -1.09. The number of hydrogen-bond acceptors (Lipinski definition) is 1. The first-order chi connectivity index (χ1) is 6.38. The molecule has 1 aliphatic rings. The van der Waals surface area contributed by atoms with Gasteiger partial charge in [0.05, 0.1) is 0 Å². The molecule has 0 aromatic rings. The quantitative estimate of drug-likeness (QED) is 0.490. The summed E-state index contributed by atoms with van der Waals surface area (Å²) in [7, 11) is -1.09. The lowest BCUT2D eigenvalue weighted by molar-refractivity contribution is 0.346. The van der Waals surface area contributed by atoms with E-state index in [0.717, 1.165) is 25.3 Å². The van der Waals surface area contributed by atoms with Gasteiger partial charge in [-0.05, 0) is 25.8 Å². The lowest BCUT2D eigenvalue weighted by atomic mass is 10.5. The Balaban J connectivity index is 2.37. The van der Waals surface area contributed by atoms with Crippen LogP contribution in [0.4, 0.5) is 0 Å². The molecule has 0 amide bonds. The third kappa shape index (κ3) is 3.67. The van der Waals surface area contributed by atoms with Crippen molar-refractivity contribution in [3.63, 3.8) is 0 Å². The molecule has 0 aromatic carbocycles. The van der Waals surface area contributed by atoms with E-state index in [0.29, 0.717) is 0 Å². The first kappa shape index (κ1) is 11.0. The molecule has 0 saturated carbocycles. The number of halogens is 1. The zero-order valence-electron chi connectivity index (χ0n) is 8.13. The molecule has 0 saturated heterocycles. The molecule has 0 aliphatic heterocycles. The van der Waals surface area contributed by atoms with Crippen molar-refractivity contribution in [2.75, 3.05) is 12.5 Å². The molecule has 0 heterocycles. The van der Waals surface area contributed by atoms with Crippen LogP contribution in [-0.2, 0) is 4.43 Å². The van der Waals surface area contributed by atoms with E-state index in [2.05, 4.69) is 25.2 Å². The van der Waals surface area contributed by atoms with Crippen LogP contribution in [-0.4, -0.2) is 21.5 Å². The fraction of sp³-hybridized carbons (Fsp3) is 0.600. The molecule has 1 rings (SSSR count). The van der Waals surface area contributed by atoms with Crippen molar-refractivity contribution >= 4 is 20.6 Å². The van der Waals surface area contributed by atoms with Gasteiger partial charge in [-0.2, -0.15) is 0 Å². The van der Waals surface area contributed by atoms with Gasteiger partial charge in [-0.3, -0.25) is 0 Å². The molecule has 0 N–H and O–H groups in total. The highest BCUT2D eigenvalue weighted by Crippen LogP contribution is 2.18. The minimum Gasteiger partial charge on any atom is -0.416 e. The average Bonchev–Trinajstić information content (AvgIpc) is 2.65. The smallest absolute Gasteiger partial charge is 0.204 e. The summed E-state index contributed by atoms with van der Waals surface area (Å²) in [6.07, 6.45) is 8.76. The number of allylic oxidation sites excluding steroid dienone is 4. The van der Waals surface area contributed by atoms with Crippen LogP contribution in [0, 0.1) is 0 Å². The van der Waals surface area contributed by atoms with Crippen LogP contribution in [0.1, 0.15) is 19.8 Å². The lowest BCUT2D eigenvalue weighted by Crippen LogP contribution is -2.20. The molecule has 3 heteroatoms. The third-order valence-electron chi connectivity index (χ3n) is 2.18. The van der Waals surface area contributed by atoms with Gasteiger partial charge in [-0.1, -0.05) is 23.4 Å². The predicted octanol–water partition coefficient (Wildman–Crippen LogP) is 2.80. The Kier molecular flexibility index (Phi) is 5.43. The molecule has 0 radical (unpaired) electrons. The summed E-state index contributed by atoms with van der Waals surface area (Å²) in [6, 6.07) is 1.19. The van der Waals surface area contributed by atoms with Crippen LogP contribution in [0.3, 0.4) is 0 Å². The zero-order chi connectivity index (χ0) is 9.52. The molecule has 0 bridgehead atoms. The Morgan fingerprint density at radius 2 is 2.46 bits per heavy atom. The standard InChI is InChI=1S/C10H17ClOSi/c1-2-12-13(9-5-8-11)10-6-3-4-7-10/h3-4,6,13H,2,5,7-9H2,1H3. The van der Waals surface area contributed by atoms with Crippen molar-refractivity contribution < 1.29 is 4.43 Å². The lowest BCUT2D eigenvalue weighted by Gasteiger charge is -2.15. The minimum absolute atomic E-state index is 0.761. The second kappa shape index (κ2) is 6.41. The largest absolute Gasteiger partial charge is 0.416 e. The Morgan fingerprint density at radius 3 is 3.00 bits per heavy atom. The molecular formula is C10H17ClOSi. The monoisotopic (exact) mass is 216 g/mol.